The molecule has 3 aromatic rings. The van der Waals surface area contributed by atoms with Crippen molar-refractivity contribution in [2.24, 2.45) is 0 Å². The number of carbonyl (C=O) groups excluding carboxylic acids is 1. The molecule has 3 rings (SSSR count). The molecule has 0 saturated heterocycles. The number of rotatable bonds is 3. The first-order chi connectivity index (χ1) is 11.5. The molecule has 0 aliphatic heterocycles. The Bertz CT molecular complexity index is 969. The Labute approximate surface area is 154 Å². The molecule has 0 N–H and O–H groups in total. The van der Waals surface area contributed by atoms with Crippen LogP contribution in [0.25, 0.3) is 22.1 Å². The van der Waals surface area contributed by atoms with Crippen LogP contribution in [0.1, 0.15) is 17.3 Å². The zero-order valence-electron chi connectivity index (χ0n) is 12.6. The first-order valence-electron chi connectivity index (χ1n) is 7.20. The van der Waals surface area contributed by atoms with Crippen molar-refractivity contribution in [1.29, 1.82) is 0 Å². The molecule has 0 amide bonds. The molecule has 0 bridgehead atoms. The fraction of sp³-hybridized carbons (Fsp3) is 0.111. The maximum atomic E-state index is 12.4. The predicted molar refractivity (Wildman–Crippen MR) is 99.3 cm³/mol. The molecule has 122 valence electrons. The number of esters is 1. The van der Waals surface area contributed by atoms with Gasteiger partial charge in [0.2, 0.25) is 0 Å². The molecular formula is C18H12Br2O4. The van der Waals surface area contributed by atoms with E-state index >= 15 is 0 Å². The number of para-hydroxylation sites is 1. The average Bonchev–Trinajstić information content (AvgIpc) is 2.54. The lowest BCUT2D eigenvalue weighted by Crippen LogP contribution is -2.07. The van der Waals surface area contributed by atoms with E-state index < -0.39 is 11.6 Å². The molecule has 0 aliphatic rings. The van der Waals surface area contributed by atoms with Gasteiger partial charge in [0.25, 0.3) is 0 Å². The zero-order valence-corrected chi connectivity index (χ0v) is 15.8. The SMILES string of the molecule is CCOC(=O)c1cc(Br)c(-c2cc3ccccc3oc2=O)c(Br)c1. The summed E-state index contributed by atoms with van der Waals surface area (Å²) >= 11 is 6.87. The highest BCUT2D eigenvalue weighted by Crippen LogP contribution is 2.36. The van der Waals surface area contributed by atoms with Crippen molar-refractivity contribution in [1.82, 2.24) is 0 Å². The van der Waals surface area contributed by atoms with E-state index in [2.05, 4.69) is 31.9 Å². The van der Waals surface area contributed by atoms with Gasteiger partial charge in [0.15, 0.2) is 0 Å². The highest BCUT2D eigenvalue weighted by Gasteiger charge is 2.18. The summed E-state index contributed by atoms with van der Waals surface area (Å²) in [6.45, 7) is 2.04. The number of hydrogen-bond donors (Lipinski definition) is 0. The third-order valence-corrected chi connectivity index (χ3v) is 4.71. The van der Waals surface area contributed by atoms with Gasteiger partial charge in [-0.3, -0.25) is 0 Å². The first kappa shape index (κ1) is 16.9. The van der Waals surface area contributed by atoms with Crippen LogP contribution in [-0.2, 0) is 4.74 Å². The second kappa shape index (κ2) is 6.91. The number of carbonyl (C=O) groups is 1. The minimum atomic E-state index is -0.445. The third kappa shape index (κ3) is 3.16. The Morgan fingerprint density at radius 1 is 1.12 bits per heavy atom. The molecule has 0 saturated carbocycles. The third-order valence-electron chi connectivity index (χ3n) is 3.46. The summed E-state index contributed by atoms with van der Waals surface area (Å²) in [5, 5.41) is 0.820. The number of ether oxygens (including phenoxy) is 1. The fourth-order valence-corrected chi connectivity index (χ4v) is 4.01. The van der Waals surface area contributed by atoms with E-state index in [9.17, 15) is 9.59 Å². The van der Waals surface area contributed by atoms with Crippen molar-refractivity contribution in [3.63, 3.8) is 0 Å². The standard InChI is InChI=1S/C18H12Br2O4/c1-2-23-17(21)11-8-13(19)16(14(20)9-11)12-7-10-5-3-4-6-15(10)24-18(12)22/h3-9H,2H2,1H3. The van der Waals surface area contributed by atoms with Crippen molar-refractivity contribution in [3.8, 4) is 11.1 Å². The van der Waals surface area contributed by atoms with E-state index in [1.165, 1.54) is 0 Å². The van der Waals surface area contributed by atoms with Gasteiger partial charge in [-0.25, -0.2) is 9.59 Å². The van der Waals surface area contributed by atoms with Crippen LogP contribution in [0.4, 0.5) is 0 Å². The van der Waals surface area contributed by atoms with Gasteiger partial charge < -0.3 is 9.15 Å². The molecule has 0 aliphatic carbocycles. The maximum Gasteiger partial charge on any atom is 0.344 e. The van der Waals surface area contributed by atoms with E-state index in [-0.39, 0.29) is 0 Å². The van der Waals surface area contributed by atoms with E-state index in [4.69, 9.17) is 9.15 Å². The quantitative estimate of drug-likeness (QED) is 0.407. The molecule has 1 aromatic heterocycles. The first-order valence-corrected chi connectivity index (χ1v) is 8.79. The van der Waals surface area contributed by atoms with Gasteiger partial charge in [0.1, 0.15) is 5.58 Å². The maximum absolute atomic E-state index is 12.4. The van der Waals surface area contributed by atoms with Crippen LogP contribution in [0.2, 0.25) is 0 Å². The zero-order chi connectivity index (χ0) is 17.3. The fourth-order valence-electron chi connectivity index (χ4n) is 2.40. The van der Waals surface area contributed by atoms with Crippen LogP contribution >= 0.6 is 31.9 Å². The molecule has 2 aromatic carbocycles. The molecule has 0 fully saturated rings. The van der Waals surface area contributed by atoms with Crippen LogP contribution in [0.5, 0.6) is 0 Å². The lowest BCUT2D eigenvalue weighted by molar-refractivity contribution is 0.0526. The van der Waals surface area contributed by atoms with Gasteiger partial charge in [0.05, 0.1) is 17.7 Å². The molecule has 4 nitrogen and oxygen atoms in total. The van der Waals surface area contributed by atoms with Gasteiger partial charge >= 0.3 is 11.6 Å². The second-order valence-electron chi connectivity index (χ2n) is 5.02. The molecule has 0 atom stereocenters. The Balaban J connectivity index is 2.18. The number of halogens is 2. The lowest BCUT2D eigenvalue weighted by Gasteiger charge is -2.10. The summed E-state index contributed by atoms with van der Waals surface area (Å²) in [7, 11) is 0. The molecule has 6 heteroatoms. The van der Waals surface area contributed by atoms with Crippen LogP contribution in [-0.4, -0.2) is 12.6 Å². The Morgan fingerprint density at radius 2 is 1.79 bits per heavy atom. The minimum absolute atomic E-state index is 0.296. The molecule has 1 heterocycles. The van der Waals surface area contributed by atoms with Gasteiger partial charge in [0, 0.05) is 19.9 Å². The van der Waals surface area contributed by atoms with Gasteiger partial charge in [-0.1, -0.05) is 50.1 Å². The van der Waals surface area contributed by atoms with Crippen molar-refractivity contribution in [3.05, 3.63) is 67.4 Å². The van der Waals surface area contributed by atoms with Crippen molar-refractivity contribution >= 4 is 48.8 Å². The summed E-state index contributed by atoms with van der Waals surface area (Å²) in [6.07, 6.45) is 0. The molecule has 0 spiro atoms. The Kier molecular flexibility index (Phi) is 4.87. The number of hydrogen-bond acceptors (Lipinski definition) is 4. The average molecular weight is 452 g/mol. The van der Waals surface area contributed by atoms with E-state index in [0.717, 1.165) is 5.39 Å². The Hall–Kier alpha value is -1.92. The largest absolute Gasteiger partial charge is 0.462 e. The van der Waals surface area contributed by atoms with E-state index in [1.807, 2.05) is 18.2 Å². The molecule has 24 heavy (non-hydrogen) atoms. The highest BCUT2D eigenvalue weighted by atomic mass is 79.9. The molecular weight excluding hydrogens is 440 g/mol. The second-order valence-corrected chi connectivity index (χ2v) is 6.73. The summed E-state index contributed by atoms with van der Waals surface area (Å²) in [5.41, 5.74) is 1.51. The molecule has 0 unspecified atom stereocenters. The topological polar surface area (TPSA) is 56.5 Å². The Morgan fingerprint density at radius 3 is 2.46 bits per heavy atom. The van der Waals surface area contributed by atoms with E-state index in [1.54, 1.807) is 31.2 Å². The van der Waals surface area contributed by atoms with Crippen molar-refractivity contribution < 1.29 is 13.9 Å². The normalized spacial score (nSPS) is 10.8. The molecule has 0 radical (unpaired) electrons. The number of benzene rings is 2. The van der Waals surface area contributed by atoms with Crippen molar-refractivity contribution in [2.45, 2.75) is 6.92 Å². The van der Waals surface area contributed by atoms with Crippen LogP contribution < -0.4 is 5.63 Å². The van der Waals surface area contributed by atoms with Gasteiger partial charge in [-0.15, -0.1) is 0 Å². The monoisotopic (exact) mass is 450 g/mol. The van der Waals surface area contributed by atoms with Crippen LogP contribution in [0, 0.1) is 0 Å². The summed E-state index contributed by atoms with van der Waals surface area (Å²) < 4.78 is 11.6. The van der Waals surface area contributed by atoms with Crippen LogP contribution in [0.3, 0.4) is 0 Å². The smallest absolute Gasteiger partial charge is 0.344 e. The summed E-state index contributed by atoms with van der Waals surface area (Å²) in [5.74, 6) is -0.420. The van der Waals surface area contributed by atoms with E-state index in [0.29, 0.717) is 37.8 Å². The number of fused-ring (bicyclic) bond motifs is 1. The predicted octanol–water partition coefficient (Wildman–Crippen LogP) is 5.16. The highest BCUT2D eigenvalue weighted by molar-refractivity contribution is 9.11. The lowest BCUT2D eigenvalue weighted by atomic mass is 10.0. The van der Waals surface area contributed by atoms with Crippen molar-refractivity contribution in [2.75, 3.05) is 6.61 Å². The summed E-state index contributed by atoms with van der Waals surface area (Å²) in [4.78, 5) is 24.3. The van der Waals surface area contributed by atoms with Gasteiger partial charge in [-0.2, -0.15) is 0 Å². The minimum Gasteiger partial charge on any atom is -0.462 e. The van der Waals surface area contributed by atoms with Gasteiger partial charge in [-0.05, 0) is 31.2 Å². The van der Waals surface area contributed by atoms with Crippen LogP contribution in [0.15, 0.2) is 60.6 Å². The summed E-state index contributed by atoms with van der Waals surface area (Å²) in [6, 6.07) is 12.3.